The molecule has 0 aliphatic heterocycles. The highest BCUT2D eigenvalue weighted by Crippen LogP contribution is 2.08. The lowest BCUT2D eigenvalue weighted by atomic mass is 10.0. The molecule has 4 atom stereocenters. The molecule has 0 aromatic carbocycles. The number of nitrogens with one attached hydrogen (secondary N) is 3. The highest BCUT2D eigenvalue weighted by atomic mass is 16.4. The molecule has 16 nitrogen and oxygen atoms in total. The Morgan fingerprint density at radius 3 is 1.58 bits per heavy atom. The number of aliphatic carboxylic acids is 3. The Morgan fingerprint density at radius 2 is 1.18 bits per heavy atom. The Morgan fingerprint density at radius 1 is 0.737 bits per heavy atom. The van der Waals surface area contributed by atoms with Gasteiger partial charge < -0.3 is 48.5 Å². The fourth-order valence-corrected chi connectivity index (χ4v) is 3.24. The van der Waals surface area contributed by atoms with E-state index in [-0.39, 0.29) is 44.1 Å². The summed E-state index contributed by atoms with van der Waals surface area (Å²) >= 11 is 0. The molecule has 0 aliphatic carbocycles. The lowest BCUT2D eigenvalue weighted by Crippen LogP contribution is -2.57. The molecule has 38 heavy (non-hydrogen) atoms. The van der Waals surface area contributed by atoms with Crippen LogP contribution in [0.3, 0.4) is 0 Å². The maximum absolute atomic E-state index is 13.0. The van der Waals surface area contributed by atoms with Crippen molar-refractivity contribution in [2.24, 2.45) is 28.1 Å². The number of rotatable bonds is 19. The summed E-state index contributed by atoms with van der Waals surface area (Å²) in [5.74, 6) is -6.73. The molecule has 0 aliphatic rings. The predicted octanol–water partition coefficient (Wildman–Crippen LogP) is -2.32. The second-order valence-corrected chi connectivity index (χ2v) is 9.07. The first kappa shape index (κ1) is 34.0. The van der Waals surface area contributed by atoms with Crippen LogP contribution in [-0.4, -0.2) is 87.6 Å². The smallest absolute Gasteiger partial charge is 0.326 e. The third-order valence-corrected chi connectivity index (χ3v) is 5.19. The molecule has 0 fully saturated rings. The first-order valence-electron chi connectivity index (χ1n) is 12.0. The zero-order chi connectivity index (χ0) is 29.4. The summed E-state index contributed by atoms with van der Waals surface area (Å²) in [6.07, 6.45) is -1.22. The largest absolute Gasteiger partial charge is 0.481 e. The van der Waals surface area contributed by atoms with E-state index in [1.54, 1.807) is 13.8 Å². The van der Waals surface area contributed by atoms with Crippen molar-refractivity contribution < 1.29 is 44.1 Å². The van der Waals surface area contributed by atoms with Crippen LogP contribution in [0.4, 0.5) is 0 Å². The Labute approximate surface area is 219 Å². The summed E-state index contributed by atoms with van der Waals surface area (Å²) in [5.41, 5.74) is 16.3. The van der Waals surface area contributed by atoms with Gasteiger partial charge in [0.1, 0.15) is 18.1 Å². The number of carboxylic acids is 3. The standard InChI is InChI=1S/C22H39N7O9/c1-11(2)10-15(21(37)38)29-20(36)14(6-8-17(32)33)28-19(35)13(5-7-16(30)31)27-18(34)12(23)4-3-9-26-22(24)25/h11-15H,3-10,23H2,1-2H3,(H,27,34)(H,28,35)(H,29,36)(H,30,31)(H,32,33)(H,37,38)(H4,24,25,26). The average Bonchev–Trinajstić information content (AvgIpc) is 2.80. The highest BCUT2D eigenvalue weighted by molar-refractivity contribution is 5.94. The molecule has 4 unspecified atom stereocenters. The van der Waals surface area contributed by atoms with Crippen LogP contribution in [-0.2, 0) is 28.8 Å². The number of nitrogens with zero attached hydrogens (tertiary/aromatic N) is 1. The van der Waals surface area contributed by atoms with E-state index < -0.39 is 72.6 Å². The minimum Gasteiger partial charge on any atom is -0.481 e. The van der Waals surface area contributed by atoms with Crippen molar-refractivity contribution in [3.63, 3.8) is 0 Å². The number of carbonyl (C=O) groups excluding carboxylic acids is 3. The summed E-state index contributed by atoms with van der Waals surface area (Å²) in [6, 6.07) is -5.26. The maximum Gasteiger partial charge on any atom is 0.326 e. The fraction of sp³-hybridized carbons (Fsp3) is 0.682. The van der Waals surface area contributed by atoms with Gasteiger partial charge in [-0.05, 0) is 38.0 Å². The van der Waals surface area contributed by atoms with Crippen LogP contribution in [0.15, 0.2) is 4.99 Å². The van der Waals surface area contributed by atoms with Crippen molar-refractivity contribution in [3.8, 4) is 0 Å². The molecule has 12 N–H and O–H groups in total. The van der Waals surface area contributed by atoms with E-state index in [2.05, 4.69) is 20.9 Å². The lowest BCUT2D eigenvalue weighted by molar-refractivity contribution is -0.143. The van der Waals surface area contributed by atoms with E-state index in [0.29, 0.717) is 6.42 Å². The predicted molar refractivity (Wildman–Crippen MR) is 135 cm³/mol. The van der Waals surface area contributed by atoms with Crippen molar-refractivity contribution in [2.75, 3.05) is 6.54 Å². The number of carboxylic acid groups (broad SMARTS) is 3. The summed E-state index contributed by atoms with van der Waals surface area (Å²) in [7, 11) is 0. The number of amides is 3. The summed E-state index contributed by atoms with van der Waals surface area (Å²) in [6.45, 7) is 3.70. The molecule has 0 aromatic rings. The first-order chi connectivity index (χ1) is 17.6. The van der Waals surface area contributed by atoms with Gasteiger partial charge in [-0.1, -0.05) is 13.8 Å². The Bertz CT molecular complexity index is 875. The molecule has 0 heterocycles. The van der Waals surface area contributed by atoms with Crippen LogP contribution in [0.2, 0.25) is 0 Å². The van der Waals surface area contributed by atoms with E-state index in [1.165, 1.54) is 0 Å². The van der Waals surface area contributed by atoms with Crippen LogP contribution < -0.4 is 33.2 Å². The minimum absolute atomic E-state index is 0.0824. The Balaban J connectivity index is 5.57. The van der Waals surface area contributed by atoms with Crippen LogP contribution in [0.1, 0.15) is 58.8 Å². The van der Waals surface area contributed by atoms with Crippen LogP contribution in [0, 0.1) is 5.92 Å². The Hall–Kier alpha value is -3.95. The second kappa shape index (κ2) is 17.5. The Kier molecular flexibility index (Phi) is 15.7. The number of hydrogen-bond acceptors (Lipinski definition) is 8. The summed E-state index contributed by atoms with van der Waals surface area (Å²) in [4.78, 5) is 75.7. The minimum atomic E-state index is -1.47. The normalized spacial score (nSPS) is 13.9. The van der Waals surface area contributed by atoms with Gasteiger partial charge in [0.2, 0.25) is 17.7 Å². The molecule has 3 amide bonds. The van der Waals surface area contributed by atoms with Crippen molar-refractivity contribution in [1.82, 2.24) is 16.0 Å². The topological polar surface area (TPSA) is 290 Å². The molecular weight excluding hydrogens is 506 g/mol. The monoisotopic (exact) mass is 545 g/mol. The van der Waals surface area contributed by atoms with E-state index >= 15 is 0 Å². The number of nitrogens with two attached hydrogens (primary N) is 3. The first-order valence-corrected chi connectivity index (χ1v) is 12.0. The van der Waals surface area contributed by atoms with Gasteiger partial charge in [0.15, 0.2) is 5.96 Å². The fourth-order valence-electron chi connectivity index (χ4n) is 3.24. The molecular formula is C22H39N7O9. The van der Waals surface area contributed by atoms with Gasteiger partial charge in [-0.2, -0.15) is 0 Å². The quantitative estimate of drug-likeness (QED) is 0.0469. The number of aliphatic imine (C=N–C) groups is 1. The molecule has 0 aromatic heterocycles. The van der Waals surface area contributed by atoms with Gasteiger partial charge in [-0.3, -0.25) is 29.0 Å². The van der Waals surface area contributed by atoms with Crippen molar-refractivity contribution >= 4 is 41.6 Å². The zero-order valence-electron chi connectivity index (χ0n) is 21.5. The molecule has 0 saturated carbocycles. The SMILES string of the molecule is CC(C)CC(NC(=O)C(CCC(=O)O)NC(=O)C(CCC(=O)O)NC(=O)C(N)CCCN=C(N)N)C(=O)O. The molecule has 0 spiro atoms. The average molecular weight is 546 g/mol. The van der Waals surface area contributed by atoms with Crippen LogP contribution >= 0.6 is 0 Å². The van der Waals surface area contributed by atoms with Gasteiger partial charge in [0, 0.05) is 19.4 Å². The van der Waals surface area contributed by atoms with E-state index in [0.717, 1.165) is 0 Å². The number of hydrogen-bond donors (Lipinski definition) is 9. The van der Waals surface area contributed by atoms with E-state index in [9.17, 15) is 33.9 Å². The van der Waals surface area contributed by atoms with Crippen LogP contribution in [0.5, 0.6) is 0 Å². The molecule has 0 rings (SSSR count). The molecule has 0 radical (unpaired) electrons. The van der Waals surface area contributed by atoms with E-state index in [1.807, 2.05) is 0 Å². The van der Waals surface area contributed by atoms with Gasteiger partial charge >= 0.3 is 17.9 Å². The van der Waals surface area contributed by atoms with Gasteiger partial charge in [-0.25, -0.2) is 4.79 Å². The third-order valence-electron chi connectivity index (χ3n) is 5.19. The maximum atomic E-state index is 13.0. The lowest BCUT2D eigenvalue weighted by Gasteiger charge is -2.25. The summed E-state index contributed by atoms with van der Waals surface area (Å²) in [5, 5.41) is 34.4. The van der Waals surface area contributed by atoms with Crippen molar-refractivity contribution in [3.05, 3.63) is 0 Å². The van der Waals surface area contributed by atoms with Crippen molar-refractivity contribution in [2.45, 2.75) is 83.0 Å². The van der Waals surface area contributed by atoms with Gasteiger partial charge in [0.25, 0.3) is 0 Å². The molecule has 16 heteroatoms. The van der Waals surface area contributed by atoms with Gasteiger partial charge in [-0.15, -0.1) is 0 Å². The number of guanidine groups is 1. The molecule has 0 bridgehead atoms. The van der Waals surface area contributed by atoms with E-state index in [4.69, 9.17) is 27.4 Å². The van der Waals surface area contributed by atoms with Gasteiger partial charge in [0.05, 0.1) is 6.04 Å². The third kappa shape index (κ3) is 15.2. The zero-order valence-corrected chi connectivity index (χ0v) is 21.5. The second-order valence-electron chi connectivity index (χ2n) is 9.07. The number of carbonyl (C=O) groups is 6. The van der Waals surface area contributed by atoms with Crippen LogP contribution in [0.25, 0.3) is 0 Å². The highest BCUT2D eigenvalue weighted by Gasteiger charge is 2.31. The molecule has 0 saturated heterocycles. The summed E-state index contributed by atoms with van der Waals surface area (Å²) < 4.78 is 0. The van der Waals surface area contributed by atoms with Crippen molar-refractivity contribution in [1.29, 1.82) is 0 Å². The molecule has 216 valence electrons.